The molecule has 2 aliphatic rings. The molecule has 1 unspecified atom stereocenters. The van der Waals surface area contributed by atoms with Crippen LogP contribution < -0.4 is 0 Å². The van der Waals surface area contributed by atoms with Crippen molar-refractivity contribution < 1.29 is 105 Å². The van der Waals surface area contributed by atoms with Crippen molar-refractivity contribution in [2.75, 3.05) is 26.4 Å². The number of carbonyl (C=O) groups excluding carboxylic acids is 8. The van der Waals surface area contributed by atoms with Gasteiger partial charge in [-0.3, -0.25) is 43.1 Å². The van der Waals surface area contributed by atoms with Gasteiger partial charge >= 0.3 is 53.7 Å². The number of ether oxygens (including phenoxy) is 12. The molecule has 0 bridgehead atoms. The van der Waals surface area contributed by atoms with E-state index in [1.54, 1.807) is 0 Å². The van der Waals surface area contributed by atoms with Gasteiger partial charge in [0, 0.05) is 51.4 Å². The zero-order valence-electron chi connectivity index (χ0n) is 55.6. The van der Waals surface area contributed by atoms with Crippen molar-refractivity contribution in [2.45, 2.75) is 354 Å². The Morgan fingerprint density at radius 1 is 0.371 bits per heavy atom. The van der Waals surface area contributed by atoms with Crippen LogP contribution in [0.5, 0.6) is 0 Å². The van der Waals surface area contributed by atoms with E-state index in [2.05, 4.69) is 6.92 Å². The Labute approximate surface area is 531 Å². The van der Waals surface area contributed by atoms with Crippen LogP contribution in [0.3, 0.4) is 0 Å². The van der Waals surface area contributed by atoms with Gasteiger partial charge in [0.2, 0.25) is 12.4 Å². The summed E-state index contributed by atoms with van der Waals surface area (Å²) in [6.07, 6.45) is -0.968. The summed E-state index contributed by atoms with van der Waals surface area (Å²) in [6.45, 7) is 12.7. The molecular weight excluding hydrogens is 1160 g/mol. The predicted octanol–water partition coefficient (Wildman–Crippen LogP) is 11.9. The van der Waals surface area contributed by atoms with Crippen LogP contribution in [0.25, 0.3) is 0 Å². The summed E-state index contributed by atoms with van der Waals surface area (Å²) in [4.78, 5) is 113. The molecule has 2 N–H and O–H groups in total. The van der Waals surface area contributed by atoms with Gasteiger partial charge in [0.25, 0.3) is 0 Å². The third-order valence-electron chi connectivity index (χ3n) is 15.5. The molecule has 0 spiro atoms. The van der Waals surface area contributed by atoms with Crippen LogP contribution >= 0.6 is 0 Å². The largest absolute Gasteiger partial charge is 0.463 e. The standard InChI is InChI=1S/C67H116O22/c1-9-17-25-27-35-43-58(76)86-64-62(84-56(74)41-33-23-15-7)60(82-54(72)39-31-21-13-5)50(47-78-52(70)37-29-19-11-3)81-66(64)89-67(80-46-49(69)45-68)65(87-59(77)44-36-28-26-18-10-2)63(85-57(75)42-34-24-16-8)61(83-55(73)40-32-22-14-6)51(88-67)48-79-53(71)38-30-20-12-4/h49-51,60-66,68-69H,9-48H2,1-8H3/t49?,50-,51-,60-,61-,62+,63+,64+,65+,66+,67-/m1/s1. The normalized spacial score (nSPS) is 22.7. The molecule has 2 heterocycles. The highest BCUT2D eigenvalue weighted by molar-refractivity contribution is 5.73. The third kappa shape index (κ3) is 33.1. The molecule has 0 radical (unpaired) electrons. The van der Waals surface area contributed by atoms with Crippen LogP contribution in [0, 0.1) is 0 Å². The number of hydrogen-bond donors (Lipinski definition) is 2. The van der Waals surface area contributed by atoms with Gasteiger partial charge in [-0.25, -0.2) is 0 Å². The summed E-state index contributed by atoms with van der Waals surface area (Å²) < 4.78 is 76.8. The van der Waals surface area contributed by atoms with Crippen molar-refractivity contribution in [3.63, 3.8) is 0 Å². The highest BCUT2D eigenvalue weighted by Gasteiger charge is 2.66. The van der Waals surface area contributed by atoms with Gasteiger partial charge in [0.15, 0.2) is 30.5 Å². The van der Waals surface area contributed by atoms with Crippen molar-refractivity contribution in [2.24, 2.45) is 0 Å². The maximum atomic E-state index is 14.6. The number of aliphatic hydroxyl groups excluding tert-OH is 2. The SMILES string of the molecule is CCCCCCCC(=O)O[C@@H]1[C@H](O[C@]2(OCC(O)CO)O[C@H](COC(=O)CCCCC)[C@@H](OC(=O)CCCCC)[C@H](OC(=O)CCCCC)[C@@H]2OC(=O)CCCCCCC)O[C@H](COC(=O)CCCCC)[C@@H](OC(=O)CCCCC)[C@@H]1OC(=O)CCCCC. The van der Waals surface area contributed by atoms with Crippen LogP contribution in [0.15, 0.2) is 0 Å². The molecule has 0 aliphatic carbocycles. The molecule has 22 nitrogen and oxygen atoms in total. The smallest absolute Gasteiger partial charge is 0.329 e. The molecule has 89 heavy (non-hydrogen) atoms. The number of carbonyl (C=O) groups is 8. The summed E-state index contributed by atoms with van der Waals surface area (Å²) in [5.41, 5.74) is 0. The summed E-state index contributed by atoms with van der Waals surface area (Å²) in [5.74, 6) is -9.26. The number of unbranched alkanes of at least 4 members (excludes halogenated alkanes) is 20. The minimum Gasteiger partial charge on any atom is -0.463 e. The van der Waals surface area contributed by atoms with Crippen molar-refractivity contribution >= 4 is 47.8 Å². The molecule has 0 aromatic carbocycles. The fourth-order valence-electron chi connectivity index (χ4n) is 10.3. The quantitative estimate of drug-likeness (QED) is 0.0248. The molecule has 2 saturated heterocycles. The zero-order chi connectivity index (χ0) is 65.7. The summed E-state index contributed by atoms with van der Waals surface area (Å²) in [5, 5.41) is 21.6. The van der Waals surface area contributed by atoms with E-state index in [1.807, 2.05) is 48.5 Å². The van der Waals surface area contributed by atoms with Gasteiger partial charge in [0.1, 0.15) is 31.5 Å². The second-order valence-corrected chi connectivity index (χ2v) is 23.7. The summed E-state index contributed by atoms with van der Waals surface area (Å²) in [6, 6.07) is 0. The molecule has 22 heteroatoms. The Morgan fingerprint density at radius 3 is 1.07 bits per heavy atom. The first-order valence-corrected chi connectivity index (χ1v) is 34.4. The number of esters is 8. The first-order chi connectivity index (χ1) is 43.0. The third-order valence-corrected chi connectivity index (χ3v) is 15.5. The average molecular weight is 1270 g/mol. The first-order valence-electron chi connectivity index (χ1n) is 34.4. The van der Waals surface area contributed by atoms with Crippen LogP contribution in [-0.2, 0) is 95.2 Å². The molecule has 0 aromatic rings. The number of rotatable bonds is 52. The molecule has 0 aromatic heterocycles. The molecule has 516 valence electrons. The van der Waals surface area contributed by atoms with Crippen LogP contribution in [0.1, 0.15) is 287 Å². The van der Waals surface area contributed by atoms with Gasteiger partial charge in [-0.2, -0.15) is 0 Å². The van der Waals surface area contributed by atoms with Crippen LogP contribution in [0.2, 0.25) is 0 Å². The van der Waals surface area contributed by atoms with Crippen LogP contribution in [0.4, 0.5) is 0 Å². The van der Waals surface area contributed by atoms with Gasteiger partial charge in [-0.1, -0.05) is 184 Å². The molecular formula is C67H116O22. The Balaban J connectivity index is 3.32. The van der Waals surface area contributed by atoms with E-state index in [9.17, 15) is 48.6 Å². The van der Waals surface area contributed by atoms with E-state index in [0.717, 1.165) is 83.5 Å². The lowest BCUT2D eigenvalue weighted by Gasteiger charge is -2.52. The molecule has 2 rings (SSSR count). The molecule has 0 saturated carbocycles. The Kier molecular flexibility index (Phi) is 44.6. The van der Waals surface area contributed by atoms with E-state index >= 15 is 0 Å². The highest BCUT2D eigenvalue weighted by Crippen LogP contribution is 2.43. The maximum Gasteiger partial charge on any atom is 0.329 e. The summed E-state index contributed by atoms with van der Waals surface area (Å²) in [7, 11) is 0. The van der Waals surface area contributed by atoms with E-state index in [1.165, 1.54) is 0 Å². The Hall–Kier alpha value is -4.48. The van der Waals surface area contributed by atoms with Crippen molar-refractivity contribution in [3.8, 4) is 0 Å². The van der Waals surface area contributed by atoms with Gasteiger partial charge in [0.05, 0.1) is 13.2 Å². The topological polar surface area (TPSA) is 288 Å². The fraction of sp³-hybridized carbons (Fsp3) is 0.881. The fourth-order valence-corrected chi connectivity index (χ4v) is 10.3. The van der Waals surface area contributed by atoms with Gasteiger partial charge in [-0.05, 0) is 51.4 Å². The van der Waals surface area contributed by atoms with E-state index in [0.29, 0.717) is 96.3 Å². The molecule has 11 atom stereocenters. The van der Waals surface area contributed by atoms with Crippen molar-refractivity contribution in [3.05, 3.63) is 0 Å². The minimum atomic E-state index is -3.09. The lowest BCUT2D eigenvalue weighted by Crippen LogP contribution is -2.72. The van der Waals surface area contributed by atoms with Gasteiger partial charge < -0.3 is 62.3 Å². The molecule has 2 aliphatic heterocycles. The average Bonchev–Trinajstić information content (AvgIpc) is 0.777. The Morgan fingerprint density at radius 2 is 0.674 bits per heavy atom. The first kappa shape index (κ1) is 80.6. The monoisotopic (exact) mass is 1270 g/mol. The van der Waals surface area contributed by atoms with Gasteiger partial charge in [-0.15, -0.1) is 0 Å². The Bertz CT molecular complexity index is 1970. The van der Waals surface area contributed by atoms with E-state index < -0.39 is 141 Å². The number of hydrogen-bond acceptors (Lipinski definition) is 22. The van der Waals surface area contributed by atoms with E-state index in [4.69, 9.17) is 56.8 Å². The highest BCUT2D eigenvalue weighted by atomic mass is 16.9. The lowest BCUT2D eigenvalue weighted by atomic mass is 9.95. The molecule has 2 fully saturated rings. The van der Waals surface area contributed by atoms with Crippen molar-refractivity contribution in [1.29, 1.82) is 0 Å². The van der Waals surface area contributed by atoms with Crippen molar-refractivity contribution in [1.82, 2.24) is 0 Å². The van der Waals surface area contributed by atoms with E-state index in [-0.39, 0.29) is 51.4 Å². The lowest BCUT2D eigenvalue weighted by molar-refractivity contribution is -0.499. The second-order valence-electron chi connectivity index (χ2n) is 23.7. The molecule has 0 amide bonds. The summed E-state index contributed by atoms with van der Waals surface area (Å²) >= 11 is 0. The number of aliphatic hydroxyl groups is 2. The minimum absolute atomic E-state index is 0.00733. The van der Waals surface area contributed by atoms with Crippen LogP contribution in [-0.4, -0.2) is 152 Å². The second kappa shape index (κ2) is 49.2. The zero-order valence-corrected chi connectivity index (χ0v) is 55.6. The predicted molar refractivity (Wildman–Crippen MR) is 329 cm³/mol. The maximum absolute atomic E-state index is 14.6.